The van der Waals surface area contributed by atoms with E-state index in [0.717, 1.165) is 46.7 Å². The quantitative estimate of drug-likeness (QED) is 0.370. The fraction of sp³-hybridized carbons (Fsp3) is 0.143. The standard InChI is InChI=1S/C28H27N3O/c1-20-10-11-21(2)27(19-20)25-8-3-4-9-26(25)28(32)31-24-14-12-23(13-15-24)30-18-16-22-7-5-6-17-29-22/h3-15,17,19,30H,16,18H2,1-2H3,(H,31,32). The molecule has 0 bridgehead atoms. The van der Waals surface area contributed by atoms with E-state index in [4.69, 9.17) is 0 Å². The molecule has 0 atom stereocenters. The van der Waals surface area contributed by atoms with E-state index in [1.807, 2.05) is 72.9 Å². The Kier molecular flexibility index (Phi) is 6.61. The molecule has 0 fully saturated rings. The van der Waals surface area contributed by atoms with E-state index >= 15 is 0 Å². The van der Waals surface area contributed by atoms with Crippen molar-refractivity contribution in [3.05, 3.63) is 114 Å². The van der Waals surface area contributed by atoms with Crippen LogP contribution < -0.4 is 10.6 Å². The molecule has 1 heterocycles. The number of rotatable bonds is 7. The third kappa shape index (κ3) is 5.22. The Morgan fingerprint density at radius 3 is 2.34 bits per heavy atom. The zero-order chi connectivity index (χ0) is 22.3. The number of aryl methyl sites for hydroxylation is 2. The van der Waals surface area contributed by atoms with Crippen LogP contribution in [0.15, 0.2) is 91.1 Å². The molecule has 4 heteroatoms. The van der Waals surface area contributed by atoms with Gasteiger partial charge in [0.15, 0.2) is 0 Å². The van der Waals surface area contributed by atoms with E-state index in [9.17, 15) is 4.79 Å². The molecule has 0 saturated carbocycles. The molecule has 0 aliphatic carbocycles. The molecule has 0 aliphatic rings. The summed E-state index contributed by atoms with van der Waals surface area (Å²) in [5.41, 5.74) is 7.85. The molecule has 1 amide bonds. The van der Waals surface area contributed by atoms with Crippen molar-refractivity contribution in [2.75, 3.05) is 17.2 Å². The highest BCUT2D eigenvalue weighted by Crippen LogP contribution is 2.28. The number of hydrogen-bond donors (Lipinski definition) is 2. The number of nitrogens with zero attached hydrogens (tertiary/aromatic N) is 1. The van der Waals surface area contributed by atoms with Gasteiger partial charge in [-0.2, -0.15) is 0 Å². The van der Waals surface area contributed by atoms with Gasteiger partial charge in [0.25, 0.3) is 5.91 Å². The summed E-state index contributed by atoms with van der Waals surface area (Å²) in [6, 6.07) is 27.8. The summed E-state index contributed by atoms with van der Waals surface area (Å²) in [6.07, 6.45) is 2.67. The molecule has 0 saturated heterocycles. The highest BCUT2D eigenvalue weighted by Gasteiger charge is 2.14. The zero-order valence-corrected chi connectivity index (χ0v) is 18.4. The minimum absolute atomic E-state index is 0.114. The minimum Gasteiger partial charge on any atom is -0.385 e. The first-order chi connectivity index (χ1) is 15.6. The van der Waals surface area contributed by atoms with Crippen molar-refractivity contribution in [2.45, 2.75) is 20.3 Å². The van der Waals surface area contributed by atoms with E-state index < -0.39 is 0 Å². The maximum absolute atomic E-state index is 13.1. The van der Waals surface area contributed by atoms with Crippen molar-refractivity contribution in [1.82, 2.24) is 4.98 Å². The zero-order valence-electron chi connectivity index (χ0n) is 18.4. The number of pyridine rings is 1. The summed E-state index contributed by atoms with van der Waals surface area (Å²) in [4.78, 5) is 17.4. The van der Waals surface area contributed by atoms with E-state index in [1.54, 1.807) is 0 Å². The van der Waals surface area contributed by atoms with E-state index in [2.05, 4.69) is 47.7 Å². The second kappa shape index (κ2) is 9.92. The lowest BCUT2D eigenvalue weighted by atomic mass is 9.94. The summed E-state index contributed by atoms with van der Waals surface area (Å²) in [5, 5.41) is 6.43. The van der Waals surface area contributed by atoms with Crippen LogP contribution >= 0.6 is 0 Å². The van der Waals surface area contributed by atoms with Crippen LogP contribution in [0.2, 0.25) is 0 Å². The fourth-order valence-electron chi connectivity index (χ4n) is 3.69. The van der Waals surface area contributed by atoms with Gasteiger partial charge in [-0.1, -0.05) is 48.0 Å². The first-order valence-electron chi connectivity index (χ1n) is 10.8. The number of anilines is 2. The molecular formula is C28H27N3O. The lowest BCUT2D eigenvalue weighted by Crippen LogP contribution is -2.13. The smallest absolute Gasteiger partial charge is 0.256 e. The van der Waals surface area contributed by atoms with Crippen molar-refractivity contribution in [2.24, 2.45) is 0 Å². The normalized spacial score (nSPS) is 10.6. The van der Waals surface area contributed by atoms with Gasteiger partial charge < -0.3 is 10.6 Å². The Morgan fingerprint density at radius 2 is 1.56 bits per heavy atom. The largest absolute Gasteiger partial charge is 0.385 e. The molecule has 4 nitrogen and oxygen atoms in total. The second-order valence-corrected chi connectivity index (χ2v) is 7.89. The molecule has 4 aromatic rings. The van der Waals surface area contributed by atoms with Crippen LogP contribution in [-0.2, 0) is 6.42 Å². The van der Waals surface area contributed by atoms with Gasteiger partial charge in [-0.05, 0) is 73.0 Å². The number of carbonyl (C=O) groups is 1. The van der Waals surface area contributed by atoms with Gasteiger partial charge in [0.1, 0.15) is 0 Å². The van der Waals surface area contributed by atoms with Crippen LogP contribution in [0.5, 0.6) is 0 Å². The van der Waals surface area contributed by atoms with Crippen molar-refractivity contribution < 1.29 is 4.79 Å². The second-order valence-electron chi connectivity index (χ2n) is 7.89. The first-order valence-corrected chi connectivity index (χ1v) is 10.8. The molecule has 160 valence electrons. The molecule has 1 aromatic heterocycles. The number of carbonyl (C=O) groups excluding carboxylic acids is 1. The van der Waals surface area contributed by atoms with E-state index in [1.165, 1.54) is 5.56 Å². The Labute approximate surface area is 189 Å². The maximum atomic E-state index is 13.1. The summed E-state index contributed by atoms with van der Waals surface area (Å²) < 4.78 is 0. The highest BCUT2D eigenvalue weighted by atomic mass is 16.1. The van der Waals surface area contributed by atoms with Crippen molar-refractivity contribution in [3.63, 3.8) is 0 Å². The van der Waals surface area contributed by atoms with Gasteiger partial charge in [0, 0.05) is 41.8 Å². The molecular weight excluding hydrogens is 394 g/mol. The van der Waals surface area contributed by atoms with Crippen molar-refractivity contribution >= 4 is 17.3 Å². The molecule has 2 N–H and O–H groups in total. The predicted molar refractivity (Wildman–Crippen MR) is 132 cm³/mol. The molecule has 0 radical (unpaired) electrons. The molecule has 0 spiro atoms. The third-order valence-corrected chi connectivity index (χ3v) is 5.43. The van der Waals surface area contributed by atoms with Gasteiger partial charge in [0.2, 0.25) is 0 Å². The molecule has 0 unspecified atom stereocenters. The monoisotopic (exact) mass is 421 g/mol. The van der Waals surface area contributed by atoms with Gasteiger partial charge in [-0.3, -0.25) is 9.78 Å². The average molecular weight is 422 g/mol. The van der Waals surface area contributed by atoms with Gasteiger partial charge in [-0.25, -0.2) is 0 Å². The summed E-state index contributed by atoms with van der Waals surface area (Å²) in [6.45, 7) is 4.94. The molecule has 4 rings (SSSR count). The minimum atomic E-state index is -0.114. The third-order valence-electron chi connectivity index (χ3n) is 5.43. The van der Waals surface area contributed by atoms with Crippen molar-refractivity contribution in [1.29, 1.82) is 0 Å². The summed E-state index contributed by atoms with van der Waals surface area (Å²) in [5.74, 6) is -0.114. The number of hydrogen-bond acceptors (Lipinski definition) is 3. The lowest BCUT2D eigenvalue weighted by molar-refractivity contribution is 0.102. The highest BCUT2D eigenvalue weighted by molar-refractivity contribution is 6.09. The number of amides is 1. The van der Waals surface area contributed by atoms with Crippen LogP contribution in [-0.4, -0.2) is 17.4 Å². The Hall–Kier alpha value is -3.92. The Bertz CT molecular complexity index is 1200. The first kappa shape index (κ1) is 21.3. The number of benzene rings is 3. The topological polar surface area (TPSA) is 54.0 Å². The Morgan fingerprint density at radius 1 is 0.812 bits per heavy atom. The number of aromatic nitrogens is 1. The summed E-state index contributed by atoms with van der Waals surface area (Å²) in [7, 11) is 0. The van der Waals surface area contributed by atoms with Crippen LogP contribution in [0.1, 0.15) is 27.2 Å². The lowest BCUT2D eigenvalue weighted by Gasteiger charge is -2.13. The summed E-state index contributed by atoms with van der Waals surface area (Å²) >= 11 is 0. The molecule has 0 aliphatic heterocycles. The van der Waals surface area contributed by atoms with Crippen LogP contribution in [0.4, 0.5) is 11.4 Å². The van der Waals surface area contributed by atoms with Crippen LogP contribution in [0.25, 0.3) is 11.1 Å². The maximum Gasteiger partial charge on any atom is 0.256 e. The Balaban J connectivity index is 1.43. The van der Waals surface area contributed by atoms with Crippen LogP contribution in [0, 0.1) is 13.8 Å². The average Bonchev–Trinajstić information content (AvgIpc) is 2.82. The van der Waals surface area contributed by atoms with Gasteiger partial charge in [0.05, 0.1) is 0 Å². The molecule has 32 heavy (non-hydrogen) atoms. The van der Waals surface area contributed by atoms with Gasteiger partial charge in [-0.15, -0.1) is 0 Å². The van der Waals surface area contributed by atoms with Crippen molar-refractivity contribution in [3.8, 4) is 11.1 Å². The predicted octanol–water partition coefficient (Wildman–Crippen LogP) is 6.27. The SMILES string of the molecule is Cc1ccc(C)c(-c2ccccc2C(=O)Nc2ccc(NCCc3ccccn3)cc2)c1. The van der Waals surface area contributed by atoms with E-state index in [-0.39, 0.29) is 5.91 Å². The molecule has 3 aromatic carbocycles. The van der Waals surface area contributed by atoms with Crippen LogP contribution in [0.3, 0.4) is 0 Å². The fourth-order valence-corrected chi connectivity index (χ4v) is 3.69. The van der Waals surface area contributed by atoms with E-state index in [0.29, 0.717) is 5.56 Å². The van der Waals surface area contributed by atoms with Gasteiger partial charge >= 0.3 is 0 Å². The number of nitrogens with one attached hydrogen (secondary N) is 2.